The number of nitrogen functional groups attached to an aromatic ring is 1. The summed E-state index contributed by atoms with van der Waals surface area (Å²) >= 11 is 5.79. The van der Waals surface area contributed by atoms with Crippen LogP contribution in [0, 0.1) is 0 Å². The third-order valence-corrected chi connectivity index (χ3v) is 3.02. The normalized spacial score (nSPS) is 10.1. The van der Waals surface area contributed by atoms with E-state index >= 15 is 0 Å². The zero-order valence-corrected chi connectivity index (χ0v) is 11.7. The van der Waals surface area contributed by atoms with Gasteiger partial charge < -0.3 is 15.2 Å². The Kier molecular flexibility index (Phi) is 4.48. The van der Waals surface area contributed by atoms with Crippen LogP contribution in [0.15, 0.2) is 42.5 Å². The summed E-state index contributed by atoms with van der Waals surface area (Å²) < 4.78 is 10.4. The van der Waals surface area contributed by atoms with E-state index in [0.29, 0.717) is 16.5 Å². The van der Waals surface area contributed by atoms with Crippen molar-refractivity contribution in [3.05, 3.63) is 58.6 Å². The summed E-state index contributed by atoms with van der Waals surface area (Å²) in [6.45, 7) is 0.146. The molecule has 4 nitrogen and oxygen atoms in total. The molecule has 2 rings (SSSR count). The summed E-state index contributed by atoms with van der Waals surface area (Å²) in [5.74, 6) is -0.124. The van der Waals surface area contributed by atoms with E-state index in [1.807, 2.05) is 0 Å². The number of anilines is 1. The minimum atomic E-state index is -0.519. The maximum atomic E-state index is 12.1. The average Bonchev–Trinajstić information content (AvgIpc) is 2.46. The van der Waals surface area contributed by atoms with Crippen molar-refractivity contribution in [2.45, 2.75) is 6.61 Å². The molecule has 0 aromatic heterocycles. The Balaban J connectivity index is 2.11. The van der Waals surface area contributed by atoms with Gasteiger partial charge in [0.25, 0.3) is 0 Å². The van der Waals surface area contributed by atoms with E-state index in [1.54, 1.807) is 42.5 Å². The average molecular weight is 292 g/mol. The van der Waals surface area contributed by atoms with Crippen molar-refractivity contribution in [2.24, 2.45) is 0 Å². The molecule has 2 aromatic carbocycles. The molecule has 104 valence electrons. The van der Waals surface area contributed by atoms with E-state index in [-0.39, 0.29) is 12.2 Å². The second-order valence-corrected chi connectivity index (χ2v) is 4.56. The topological polar surface area (TPSA) is 61.5 Å². The summed E-state index contributed by atoms with van der Waals surface area (Å²) in [5.41, 5.74) is 7.20. The number of hydrogen-bond donors (Lipinski definition) is 1. The summed E-state index contributed by atoms with van der Waals surface area (Å²) in [7, 11) is 1.48. The lowest BCUT2D eigenvalue weighted by Crippen LogP contribution is -2.10. The molecule has 0 spiro atoms. The molecule has 0 radical (unpaired) electrons. The molecule has 0 fully saturated rings. The van der Waals surface area contributed by atoms with Gasteiger partial charge in [0.2, 0.25) is 0 Å². The third-order valence-electron chi connectivity index (χ3n) is 2.77. The number of benzene rings is 2. The Morgan fingerprint density at radius 1 is 1.20 bits per heavy atom. The number of hydrogen-bond acceptors (Lipinski definition) is 4. The highest BCUT2D eigenvalue weighted by atomic mass is 35.5. The second-order valence-electron chi connectivity index (χ2n) is 4.13. The van der Waals surface area contributed by atoms with E-state index < -0.39 is 5.97 Å². The molecule has 0 saturated heterocycles. The van der Waals surface area contributed by atoms with Crippen LogP contribution in [0.1, 0.15) is 15.9 Å². The number of rotatable bonds is 4. The van der Waals surface area contributed by atoms with Gasteiger partial charge in [-0.15, -0.1) is 0 Å². The SMILES string of the molecule is COc1cccc(N)c1C(=O)OCc1ccc(Cl)cc1. The van der Waals surface area contributed by atoms with Crippen molar-refractivity contribution >= 4 is 23.3 Å². The first-order chi connectivity index (χ1) is 9.61. The van der Waals surface area contributed by atoms with Crippen LogP contribution in [0.3, 0.4) is 0 Å². The lowest BCUT2D eigenvalue weighted by molar-refractivity contribution is 0.0470. The summed E-state index contributed by atoms with van der Waals surface area (Å²) in [5, 5.41) is 0.633. The van der Waals surface area contributed by atoms with Crippen LogP contribution in [-0.4, -0.2) is 13.1 Å². The summed E-state index contributed by atoms with van der Waals surface area (Å²) in [6.07, 6.45) is 0. The van der Waals surface area contributed by atoms with Crippen LogP contribution in [0.25, 0.3) is 0 Å². The van der Waals surface area contributed by atoms with Crippen molar-refractivity contribution in [1.82, 2.24) is 0 Å². The highest BCUT2D eigenvalue weighted by molar-refractivity contribution is 6.30. The Morgan fingerprint density at radius 3 is 2.55 bits per heavy atom. The number of nitrogens with two attached hydrogens (primary N) is 1. The van der Waals surface area contributed by atoms with Crippen molar-refractivity contribution in [1.29, 1.82) is 0 Å². The van der Waals surface area contributed by atoms with Crippen molar-refractivity contribution in [3.8, 4) is 5.75 Å². The molecule has 2 aromatic rings. The molecule has 0 bridgehead atoms. The zero-order valence-electron chi connectivity index (χ0n) is 10.9. The van der Waals surface area contributed by atoms with Crippen LogP contribution in [-0.2, 0) is 11.3 Å². The molecule has 0 atom stereocenters. The number of ether oxygens (including phenoxy) is 2. The molecule has 20 heavy (non-hydrogen) atoms. The third kappa shape index (κ3) is 3.22. The van der Waals surface area contributed by atoms with Crippen LogP contribution in [0.2, 0.25) is 5.02 Å². The van der Waals surface area contributed by atoms with Crippen LogP contribution in [0.4, 0.5) is 5.69 Å². The number of esters is 1. The molecule has 0 aliphatic heterocycles. The second kappa shape index (κ2) is 6.30. The van der Waals surface area contributed by atoms with Gasteiger partial charge in [-0.3, -0.25) is 0 Å². The van der Waals surface area contributed by atoms with E-state index in [2.05, 4.69) is 0 Å². The Labute approximate surface area is 122 Å². The van der Waals surface area contributed by atoms with Gasteiger partial charge in [-0.25, -0.2) is 4.79 Å². The standard InChI is InChI=1S/C15H14ClNO3/c1-19-13-4-2-3-12(17)14(13)15(18)20-9-10-5-7-11(16)8-6-10/h2-8H,9,17H2,1H3. The minimum Gasteiger partial charge on any atom is -0.496 e. The Hall–Kier alpha value is -2.20. The van der Waals surface area contributed by atoms with E-state index in [4.69, 9.17) is 26.8 Å². The molecule has 0 unspecified atom stereocenters. The van der Waals surface area contributed by atoms with Gasteiger partial charge >= 0.3 is 5.97 Å². The molecule has 2 N–H and O–H groups in total. The minimum absolute atomic E-state index is 0.146. The first kappa shape index (κ1) is 14.2. The Bertz CT molecular complexity index is 611. The number of carbonyl (C=O) groups is 1. The fourth-order valence-corrected chi connectivity index (χ4v) is 1.86. The fourth-order valence-electron chi connectivity index (χ4n) is 1.74. The van der Waals surface area contributed by atoms with Gasteiger partial charge in [0.05, 0.1) is 7.11 Å². The van der Waals surface area contributed by atoms with Crippen LogP contribution < -0.4 is 10.5 Å². The molecule has 0 aliphatic carbocycles. The maximum absolute atomic E-state index is 12.1. The molecule has 0 saturated carbocycles. The first-order valence-corrected chi connectivity index (χ1v) is 6.33. The van der Waals surface area contributed by atoms with Gasteiger partial charge in [-0.2, -0.15) is 0 Å². The smallest absolute Gasteiger partial charge is 0.344 e. The number of halogens is 1. The van der Waals surface area contributed by atoms with Gasteiger partial charge in [-0.1, -0.05) is 29.8 Å². The summed E-state index contributed by atoms with van der Waals surface area (Å²) in [6, 6.07) is 12.1. The highest BCUT2D eigenvalue weighted by Gasteiger charge is 2.17. The first-order valence-electron chi connectivity index (χ1n) is 5.96. The van der Waals surface area contributed by atoms with Crippen molar-refractivity contribution in [2.75, 3.05) is 12.8 Å². The number of carbonyl (C=O) groups excluding carboxylic acids is 1. The molecule has 0 amide bonds. The lowest BCUT2D eigenvalue weighted by atomic mass is 10.1. The van der Waals surface area contributed by atoms with Crippen LogP contribution >= 0.6 is 11.6 Å². The molecule has 0 heterocycles. The molecule has 0 aliphatic rings. The van der Waals surface area contributed by atoms with Gasteiger partial charge in [0.15, 0.2) is 0 Å². The van der Waals surface area contributed by atoms with E-state index in [1.165, 1.54) is 7.11 Å². The lowest BCUT2D eigenvalue weighted by Gasteiger charge is -2.11. The quantitative estimate of drug-likeness (QED) is 0.693. The van der Waals surface area contributed by atoms with E-state index in [0.717, 1.165) is 5.56 Å². The van der Waals surface area contributed by atoms with Gasteiger partial charge in [0, 0.05) is 10.7 Å². The molecular formula is C15H14ClNO3. The zero-order chi connectivity index (χ0) is 14.5. The monoisotopic (exact) mass is 291 g/mol. The summed E-state index contributed by atoms with van der Waals surface area (Å²) in [4.78, 5) is 12.1. The predicted molar refractivity (Wildman–Crippen MR) is 78.0 cm³/mol. The van der Waals surface area contributed by atoms with Crippen molar-refractivity contribution < 1.29 is 14.3 Å². The van der Waals surface area contributed by atoms with Crippen molar-refractivity contribution in [3.63, 3.8) is 0 Å². The van der Waals surface area contributed by atoms with Gasteiger partial charge in [0.1, 0.15) is 17.9 Å². The predicted octanol–water partition coefficient (Wildman–Crippen LogP) is 3.29. The molecular weight excluding hydrogens is 278 g/mol. The molecule has 5 heteroatoms. The maximum Gasteiger partial charge on any atom is 0.344 e. The largest absolute Gasteiger partial charge is 0.496 e. The fraction of sp³-hybridized carbons (Fsp3) is 0.133. The highest BCUT2D eigenvalue weighted by Crippen LogP contribution is 2.25. The van der Waals surface area contributed by atoms with Gasteiger partial charge in [-0.05, 0) is 29.8 Å². The van der Waals surface area contributed by atoms with E-state index in [9.17, 15) is 4.79 Å². The Morgan fingerprint density at radius 2 is 1.90 bits per heavy atom. The van der Waals surface area contributed by atoms with Crippen LogP contribution in [0.5, 0.6) is 5.75 Å². The number of methoxy groups -OCH3 is 1.